The lowest BCUT2D eigenvalue weighted by Crippen LogP contribution is -2.38. The predicted molar refractivity (Wildman–Crippen MR) is 97.2 cm³/mol. The first-order valence-electron chi connectivity index (χ1n) is 7.70. The highest BCUT2D eigenvalue weighted by atomic mass is 28.3. The molecule has 0 N–H and O–H groups in total. The zero-order valence-corrected chi connectivity index (χ0v) is 19.6. The highest BCUT2D eigenvalue weighted by Crippen LogP contribution is 2.32. The molecule has 0 heterocycles. The maximum atomic E-state index is 5.78. The van der Waals surface area contributed by atoms with Gasteiger partial charge in [-0.3, -0.25) is 0 Å². The molecule has 6 radical (unpaired) electrons. The fourth-order valence-electron chi connectivity index (χ4n) is 2.38. The summed E-state index contributed by atoms with van der Waals surface area (Å²) in [7, 11) is 9.57. The summed E-state index contributed by atoms with van der Waals surface area (Å²) in [6.45, 7) is 0. The van der Waals surface area contributed by atoms with E-state index in [2.05, 4.69) is 10.5 Å². The molecule has 0 fully saturated rings. The largest absolute Gasteiger partial charge is 0.413 e. The van der Waals surface area contributed by atoms with Crippen LogP contribution in [0, 0.1) is 0 Å². The first-order chi connectivity index (χ1) is 11.5. The van der Waals surface area contributed by atoms with Crippen molar-refractivity contribution in [1.82, 2.24) is 0 Å². The van der Waals surface area contributed by atoms with Crippen LogP contribution in [0.4, 0.5) is 0 Å². The third-order valence-electron chi connectivity index (χ3n) is 3.94. The topological polar surface area (TPSA) is 64.6 Å². The van der Waals surface area contributed by atoms with Crippen molar-refractivity contribution < 1.29 is 31.0 Å². The van der Waals surface area contributed by atoms with Crippen LogP contribution in [0.3, 0.4) is 0 Å². The maximum absolute atomic E-state index is 5.78. The SMILES string of the molecule is CO[Si](CCC(CC[Si](OC)OC)(CC[Si](OC)OC)O[Si])OC. The lowest BCUT2D eigenvalue weighted by molar-refractivity contribution is 0.0591. The number of hydrogen-bond donors (Lipinski definition) is 0. The van der Waals surface area contributed by atoms with Crippen LogP contribution in [0.25, 0.3) is 0 Å². The summed E-state index contributed by atoms with van der Waals surface area (Å²) >= 11 is 0. The second kappa shape index (κ2) is 14.7. The van der Waals surface area contributed by atoms with Crippen LogP contribution in [0.2, 0.25) is 18.1 Å². The molecule has 0 saturated carbocycles. The quantitative estimate of drug-likeness (QED) is 0.356. The van der Waals surface area contributed by atoms with E-state index in [1.54, 1.807) is 42.7 Å². The van der Waals surface area contributed by atoms with Crippen LogP contribution in [0.1, 0.15) is 19.3 Å². The van der Waals surface area contributed by atoms with Crippen molar-refractivity contribution in [2.75, 3.05) is 42.7 Å². The average molecular weight is 411 g/mol. The van der Waals surface area contributed by atoms with Crippen LogP contribution >= 0.6 is 0 Å². The summed E-state index contributed by atoms with van der Waals surface area (Å²) in [6.07, 6.45) is 2.45. The van der Waals surface area contributed by atoms with E-state index in [1.807, 2.05) is 0 Å². The molecule has 0 saturated heterocycles. The van der Waals surface area contributed by atoms with Crippen molar-refractivity contribution >= 4 is 38.3 Å². The highest BCUT2D eigenvalue weighted by Gasteiger charge is 2.34. The Morgan fingerprint density at radius 2 is 0.833 bits per heavy atom. The molecule has 0 spiro atoms. The summed E-state index contributed by atoms with van der Waals surface area (Å²) < 4.78 is 38.2. The van der Waals surface area contributed by atoms with Gasteiger partial charge in [0.1, 0.15) is 0 Å². The summed E-state index contributed by atoms with van der Waals surface area (Å²) in [5, 5.41) is 0. The van der Waals surface area contributed by atoms with Crippen LogP contribution in [-0.4, -0.2) is 86.6 Å². The average Bonchev–Trinajstić information content (AvgIpc) is 2.63. The van der Waals surface area contributed by atoms with Crippen molar-refractivity contribution in [2.24, 2.45) is 0 Å². The minimum atomic E-state index is -1.27. The van der Waals surface area contributed by atoms with E-state index < -0.39 is 27.9 Å². The molecule has 0 aliphatic heterocycles. The molecule has 0 aromatic rings. The van der Waals surface area contributed by atoms with Crippen molar-refractivity contribution in [3.63, 3.8) is 0 Å². The van der Waals surface area contributed by atoms with Gasteiger partial charge in [-0.25, -0.2) is 0 Å². The van der Waals surface area contributed by atoms with Crippen molar-refractivity contribution in [3.8, 4) is 0 Å². The van der Waals surface area contributed by atoms with Crippen LogP contribution in [0.5, 0.6) is 0 Å². The Kier molecular flexibility index (Phi) is 15.1. The van der Waals surface area contributed by atoms with E-state index in [0.29, 0.717) is 0 Å². The van der Waals surface area contributed by atoms with E-state index in [1.165, 1.54) is 0 Å². The summed E-state index contributed by atoms with van der Waals surface area (Å²) in [5.41, 5.74) is -0.357. The molecule has 7 nitrogen and oxygen atoms in total. The molecule has 0 aromatic heterocycles. The third-order valence-corrected chi connectivity index (χ3v) is 9.08. The minimum absolute atomic E-state index is 0.357. The van der Waals surface area contributed by atoms with Crippen molar-refractivity contribution in [1.29, 1.82) is 0 Å². The van der Waals surface area contributed by atoms with E-state index in [4.69, 9.17) is 31.0 Å². The molecule has 0 atom stereocenters. The maximum Gasteiger partial charge on any atom is 0.384 e. The molecule has 0 bridgehead atoms. The van der Waals surface area contributed by atoms with Gasteiger partial charge in [-0.05, 0) is 37.4 Å². The molecule has 0 rings (SSSR count). The van der Waals surface area contributed by atoms with Gasteiger partial charge in [0.15, 0.2) is 0 Å². The first kappa shape index (κ1) is 24.6. The molecule has 24 heavy (non-hydrogen) atoms. The van der Waals surface area contributed by atoms with E-state index in [9.17, 15) is 0 Å². The summed E-state index contributed by atoms with van der Waals surface area (Å²) in [5.74, 6) is 0. The second-order valence-electron chi connectivity index (χ2n) is 5.13. The molecule has 11 heteroatoms. The zero-order valence-electron chi connectivity index (χ0n) is 15.6. The summed E-state index contributed by atoms with van der Waals surface area (Å²) in [6, 6.07) is 2.48. The number of rotatable bonds is 16. The Labute approximate surface area is 155 Å². The Morgan fingerprint density at radius 3 is 1.00 bits per heavy atom. The Balaban J connectivity index is 4.90. The van der Waals surface area contributed by atoms with Gasteiger partial charge >= 0.3 is 27.9 Å². The van der Waals surface area contributed by atoms with Gasteiger partial charge in [0.05, 0.1) is 5.60 Å². The molecule has 0 amide bonds. The predicted octanol–water partition coefficient (Wildman–Crippen LogP) is 1.34. The monoisotopic (exact) mass is 410 g/mol. The first-order valence-corrected chi connectivity index (χ1v) is 12.7. The lowest BCUT2D eigenvalue weighted by Gasteiger charge is -2.34. The second-order valence-corrected chi connectivity index (χ2v) is 11.5. The minimum Gasteiger partial charge on any atom is -0.413 e. The number of hydrogen-bond acceptors (Lipinski definition) is 7. The Bertz CT molecular complexity index is 249. The lowest BCUT2D eigenvalue weighted by atomic mass is 9.94. The fraction of sp³-hybridized carbons (Fsp3) is 1.00. The van der Waals surface area contributed by atoms with Gasteiger partial charge in [0.2, 0.25) is 10.5 Å². The van der Waals surface area contributed by atoms with Gasteiger partial charge in [0.25, 0.3) is 0 Å². The van der Waals surface area contributed by atoms with Gasteiger partial charge < -0.3 is 31.0 Å². The molecule has 0 aromatic carbocycles. The van der Waals surface area contributed by atoms with E-state index in [-0.39, 0.29) is 5.60 Å². The zero-order chi connectivity index (χ0) is 18.4. The normalized spacial score (nSPS) is 12.8. The standard InChI is InChI=1S/C13H30O7Si4/c1-14-22(15-2)10-7-13(20-21,8-11-23(16-3)17-4)9-12-24(18-5)19-6/h7-12H2,1-6H3. The van der Waals surface area contributed by atoms with Crippen LogP contribution in [-0.2, 0) is 31.0 Å². The van der Waals surface area contributed by atoms with Crippen molar-refractivity contribution in [2.45, 2.75) is 43.0 Å². The highest BCUT2D eigenvalue weighted by molar-refractivity contribution is 6.45. The van der Waals surface area contributed by atoms with Gasteiger partial charge in [0, 0.05) is 42.7 Å². The van der Waals surface area contributed by atoms with Gasteiger partial charge in [-0.2, -0.15) is 0 Å². The smallest absolute Gasteiger partial charge is 0.384 e. The van der Waals surface area contributed by atoms with E-state index >= 15 is 0 Å². The molecule has 0 aliphatic carbocycles. The Hall–Kier alpha value is 0.588. The van der Waals surface area contributed by atoms with Crippen LogP contribution < -0.4 is 0 Å². The Morgan fingerprint density at radius 1 is 0.583 bits per heavy atom. The fourth-order valence-corrected chi connectivity index (χ4v) is 6.39. The third kappa shape index (κ3) is 9.33. The van der Waals surface area contributed by atoms with Gasteiger partial charge in [-0.1, -0.05) is 0 Å². The summed E-state index contributed by atoms with van der Waals surface area (Å²) in [4.78, 5) is 0. The van der Waals surface area contributed by atoms with E-state index in [0.717, 1.165) is 37.4 Å². The molecular formula is C13H30O7Si4. The van der Waals surface area contributed by atoms with Crippen molar-refractivity contribution in [3.05, 3.63) is 0 Å². The molecular weight excluding hydrogens is 380 g/mol. The molecule has 0 aliphatic rings. The van der Waals surface area contributed by atoms with Crippen LogP contribution in [0.15, 0.2) is 0 Å². The molecule has 0 unspecified atom stereocenters. The van der Waals surface area contributed by atoms with Gasteiger partial charge in [-0.15, -0.1) is 0 Å². The molecule has 140 valence electrons.